The zero-order chi connectivity index (χ0) is 17.3. The van der Waals surface area contributed by atoms with E-state index in [1.807, 2.05) is 13.0 Å². The van der Waals surface area contributed by atoms with Crippen molar-refractivity contribution in [3.63, 3.8) is 0 Å². The van der Waals surface area contributed by atoms with Crippen LogP contribution in [0.1, 0.15) is 35.6 Å². The van der Waals surface area contributed by atoms with Gasteiger partial charge in [-0.1, -0.05) is 24.6 Å². The molecular formula is C17H13ClN4O2. The van der Waals surface area contributed by atoms with E-state index in [-0.39, 0.29) is 17.5 Å². The minimum absolute atomic E-state index is 0.0170. The molecule has 0 atom stereocenters. The molecular weight excluding hydrogens is 328 g/mol. The minimum Gasteiger partial charge on any atom is -0.424 e. The van der Waals surface area contributed by atoms with Crippen LogP contribution in [0.4, 0.5) is 0 Å². The van der Waals surface area contributed by atoms with E-state index in [0.717, 1.165) is 5.69 Å². The number of halogens is 1. The van der Waals surface area contributed by atoms with Crippen LogP contribution in [0.15, 0.2) is 24.3 Å². The van der Waals surface area contributed by atoms with Crippen LogP contribution in [0, 0.1) is 11.3 Å². The summed E-state index contributed by atoms with van der Waals surface area (Å²) < 4.78 is 5.61. The number of Topliss-reactive ketones (excluding diaryl/α,β-unsaturated/α-hetero) is 1. The fourth-order valence-corrected chi connectivity index (χ4v) is 2.73. The summed E-state index contributed by atoms with van der Waals surface area (Å²) in [5.74, 6) is 0.179. The lowest BCUT2D eigenvalue weighted by molar-refractivity contribution is 0.101. The molecule has 0 radical (unpaired) electrons. The molecule has 0 aliphatic rings. The fraction of sp³-hybridized carbons (Fsp3) is 0.176. The smallest absolute Gasteiger partial charge is 0.324 e. The van der Waals surface area contributed by atoms with Gasteiger partial charge in [-0.05, 0) is 24.6 Å². The molecule has 3 rings (SSSR count). The largest absolute Gasteiger partial charge is 0.424 e. The first-order chi connectivity index (χ1) is 11.5. The Morgan fingerprint density at radius 2 is 2.21 bits per heavy atom. The van der Waals surface area contributed by atoms with Gasteiger partial charge < -0.3 is 9.72 Å². The normalized spacial score (nSPS) is 10.6. The molecule has 0 aliphatic carbocycles. The van der Waals surface area contributed by atoms with Crippen LogP contribution in [0.25, 0.3) is 11.0 Å². The molecule has 120 valence electrons. The van der Waals surface area contributed by atoms with E-state index in [1.165, 1.54) is 6.92 Å². The second-order valence-corrected chi connectivity index (χ2v) is 5.53. The Kier molecular flexibility index (Phi) is 4.19. The minimum atomic E-state index is -0.235. The molecule has 7 heteroatoms. The van der Waals surface area contributed by atoms with Crippen molar-refractivity contribution in [3.8, 4) is 17.8 Å². The van der Waals surface area contributed by atoms with Gasteiger partial charge in [0.1, 0.15) is 17.1 Å². The number of hydrogen-bond donors (Lipinski definition) is 1. The van der Waals surface area contributed by atoms with Gasteiger partial charge in [0.2, 0.25) is 0 Å². The predicted molar refractivity (Wildman–Crippen MR) is 89.5 cm³/mol. The van der Waals surface area contributed by atoms with Gasteiger partial charge in [0.05, 0.1) is 22.0 Å². The molecule has 0 saturated carbocycles. The standard InChI is InChI=1S/C17H13ClN4O2/c1-3-12-14(18)13-15(9(2)23)21-17(22-16(13)20-12)24-11-6-4-5-10(7-11)8-19/h4-7H,3H2,1-2H3,(H,20,21,22). The molecule has 0 unspecified atom stereocenters. The van der Waals surface area contributed by atoms with E-state index in [1.54, 1.807) is 24.3 Å². The average molecular weight is 341 g/mol. The lowest BCUT2D eigenvalue weighted by atomic mass is 10.2. The Hall–Kier alpha value is -2.91. The zero-order valence-electron chi connectivity index (χ0n) is 13.1. The summed E-state index contributed by atoms with van der Waals surface area (Å²) >= 11 is 6.32. The first-order valence-corrected chi connectivity index (χ1v) is 7.68. The van der Waals surface area contributed by atoms with Crippen molar-refractivity contribution in [2.45, 2.75) is 20.3 Å². The molecule has 0 aliphatic heterocycles. The van der Waals surface area contributed by atoms with Gasteiger partial charge in [-0.2, -0.15) is 15.2 Å². The molecule has 3 aromatic rings. The third kappa shape index (κ3) is 2.82. The Labute approximate surface area is 143 Å². The number of H-pyrrole nitrogens is 1. The summed E-state index contributed by atoms with van der Waals surface area (Å²) in [6, 6.07) is 8.66. The van der Waals surface area contributed by atoms with Crippen molar-refractivity contribution >= 4 is 28.4 Å². The number of nitrogens with one attached hydrogen (secondary N) is 1. The number of fused-ring (bicyclic) bond motifs is 1. The van der Waals surface area contributed by atoms with Gasteiger partial charge in [0, 0.05) is 12.6 Å². The summed E-state index contributed by atoms with van der Waals surface area (Å²) in [6.07, 6.45) is 0.674. The second-order valence-electron chi connectivity index (χ2n) is 5.15. The molecule has 0 fully saturated rings. The van der Waals surface area contributed by atoms with Crippen LogP contribution in [0.2, 0.25) is 5.02 Å². The van der Waals surface area contributed by atoms with Gasteiger partial charge in [-0.3, -0.25) is 4.79 Å². The Balaban J connectivity index is 2.12. The highest BCUT2D eigenvalue weighted by molar-refractivity contribution is 6.37. The number of carbonyl (C=O) groups excluding carboxylic acids is 1. The van der Waals surface area contributed by atoms with E-state index in [0.29, 0.717) is 33.8 Å². The highest BCUT2D eigenvalue weighted by Gasteiger charge is 2.19. The van der Waals surface area contributed by atoms with E-state index in [9.17, 15) is 4.79 Å². The molecule has 1 aromatic carbocycles. The molecule has 6 nitrogen and oxygen atoms in total. The molecule has 0 saturated heterocycles. The van der Waals surface area contributed by atoms with Crippen molar-refractivity contribution < 1.29 is 9.53 Å². The monoisotopic (exact) mass is 340 g/mol. The number of nitrogens with zero attached hydrogens (tertiary/aromatic N) is 3. The molecule has 24 heavy (non-hydrogen) atoms. The maximum absolute atomic E-state index is 12.0. The van der Waals surface area contributed by atoms with E-state index in [4.69, 9.17) is 21.6 Å². The number of benzene rings is 1. The highest BCUT2D eigenvalue weighted by Crippen LogP contribution is 2.31. The maximum Gasteiger partial charge on any atom is 0.324 e. The highest BCUT2D eigenvalue weighted by atomic mass is 35.5. The maximum atomic E-state index is 12.0. The van der Waals surface area contributed by atoms with Crippen LogP contribution in [0.5, 0.6) is 11.8 Å². The summed E-state index contributed by atoms with van der Waals surface area (Å²) in [7, 11) is 0. The summed E-state index contributed by atoms with van der Waals surface area (Å²) in [5.41, 5.74) is 1.89. The van der Waals surface area contributed by atoms with Crippen LogP contribution in [-0.4, -0.2) is 20.7 Å². The molecule has 0 spiro atoms. The second kappa shape index (κ2) is 6.30. The van der Waals surface area contributed by atoms with Crippen molar-refractivity contribution in [2.75, 3.05) is 0 Å². The number of hydrogen-bond acceptors (Lipinski definition) is 5. The van der Waals surface area contributed by atoms with E-state index in [2.05, 4.69) is 15.0 Å². The van der Waals surface area contributed by atoms with Crippen LogP contribution in [0.3, 0.4) is 0 Å². The van der Waals surface area contributed by atoms with Crippen LogP contribution < -0.4 is 4.74 Å². The number of aromatic nitrogens is 3. The van der Waals surface area contributed by atoms with Gasteiger partial charge in [0.15, 0.2) is 5.78 Å². The summed E-state index contributed by atoms with van der Waals surface area (Å²) in [6.45, 7) is 3.36. The number of aromatic amines is 1. The Bertz CT molecular complexity index is 988. The summed E-state index contributed by atoms with van der Waals surface area (Å²) in [5, 5.41) is 9.90. The van der Waals surface area contributed by atoms with E-state index >= 15 is 0 Å². The number of aryl methyl sites for hydroxylation is 1. The Morgan fingerprint density at radius 1 is 1.42 bits per heavy atom. The number of ether oxygens (including phenoxy) is 1. The first-order valence-electron chi connectivity index (χ1n) is 7.30. The van der Waals surface area contributed by atoms with E-state index < -0.39 is 0 Å². The molecule has 1 N–H and O–H groups in total. The summed E-state index contributed by atoms with van der Waals surface area (Å²) in [4.78, 5) is 23.5. The van der Waals surface area contributed by atoms with Crippen molar-refractivity contribution in [3.05, 3.63) is 46.2 Å². The lowest BCUT2D eigenvalue weighted by Gasteiger charge is -2.06. The van der Waals surface area contributed by atoms with Gasteiger partial charge >= 0.3 is 6.01 Å². The lowest BCUT2D eigenvalue weighted by Crippen LogP contribution is -2.02. The van der Waals surface area contributed by atoms with Crippen LogP contribution in [-0.2, 0) is 6.42 Å². The topological polar surface area (TPSA) is 91.7 Å². The first kappa shape index (κ1) is 16.0. The molecule has 0 bridgehead atoms. The van der Waals surface area contributed by atoms with Gasteiger partial charge in [-0.15, -0.1) is 0 Å². The third-order valence-electron chi connectivity index (χ3n) is 3.50. The quantitative estimate of drug-likeness (QED) is 0.723. The third-order valence-corrected chi connectivity index (χ3v) is 3.92. The Morgan fingerprint density at radius 3 is 2.88 bits per heavy atom. The number of nitriles is 1. The number of carbonyl (C=O) groups is 1. The van der Waals surface area contributed by atoms with Crippen molar-refractivity contribution in [1.82, 2.24) is 15.0 Å². The number of ketones is 1. The fourth-order valence-electron chi connectivity index (χ4n) is 2.37. The molecule has 2 heterocycles. The van der Waals surface area contributed by atoms with Crippen LogP contribution >= 0.6 is 11.6 Å². The predicted octanol–water partition coefficient (Wildman–Crippen LogP) is 4.04. The SMILES string of the molecule is CCc1[nH]c2nc(Oc3cccc(C#N)c3)nc(C(C)=O)c2c1Cl. The van der Waals surface area contributed by atoms with Crippen molar-refractivity contribution in [1.29, 1.82) is 5.26 Å². The van der Waals surface area contributed by atoms with Gasteiger partial charge in [-0.25, -0.2) is 0 Å². The average Bonchev–Trinajstić information content (AvgIpc) is 2.90. The molecule has 2 aromatic heterocycles. The zero-order valence-corrected chi connectivity index (χ0v) is 13.8. The van der Waals surface area contributed by atoms with Crippen molar-refractivity contribution in [2.24, 2.45) is 0 Å². The molecule has 0 amide bonds. The number of rotatable bonds is 4. The van der Waals surface area contributed by atoms with Gasteiger partial charge in [0.25, 0.3) is 0 Å².